The van der Waals surface area contributed by atoms with Crippen LogP contribution in [-0.4, -0.2) is 16.0 Å². The van der Waals surface area contributed by atoms with Crippen LogP contribution in [0.1, 0.15) is 45.2 Å². The van der Waals surface area contributed by atoms with E-state index < -0.39 is 0 Å². The van der Waals surface area contributed by atoms with Gasteiger partial charge in [-0.25, -0.2) is 0 Å². The van der Waals surface area contributed by atoms with Crippen LogP contribution in [-0.2, 0) is 0 Å². The predicted molar refractivity (Wildman–Crippen MR) is 79.8 cm³/mol. The molecule has 98 valence electrons. The average molecular weight is 263 g/mol. The second-order valence-corrected chi connectivity index (χ2v) is 6.29. The molecule has 0 radical (unpaired) electrons. The fourth-order valence-corrected chi connectivity index (χ4v) is 2.64. The molecule has 1 fully saturated rings. The summed E-state index contributed by atoms with van der Waals surface area (Å²) in [6.07, 6.45) is 6.63. The van der Waals surface area contributed by atoms with E-state index in [4.69, 9.17) is 18.0 Å². The fourth-order valence-electron chi connectivity index (χ4n) is 2.48. The summed E-state index contributed by atoms with van der Waals surface area (Å²) in [5.74, 6) is 0. The van der Waals surface area contributed by atoms with Crippen LogP contribution in [0.15, 0.2) is 18.3 Å². The van der Waals surface area contributed by atoms with E-state index in [0.717, 1.165) is 5.69 Å². The summed E-state index contributed by atoms with van der Waals surface area (Å²) >= 11 is 5.03. The number of hydrogen-bond donors (Lipinski definition) is 2. The molecule has 0 saturated heterocycles. The quantitative estimate of drug-likeness (QED) is 0.823. The minimum atomic E-state index is 0.356. The summed E-state index contributed by atoms with van der Waals surface area (Å²) in [7, 11) is 0. The van der Waals surface area contributed by atoms with Crippen molar-refractivity contribution in [3.05, 3.63) is 24.0 Å². The lowest BCUT2D eigenvalue weighted by atomic mass is 9.75. The summed E-state index contributed by atoms with van der Waals surface area (Å²) in [5.41, 5.74) is 7.85. The van der Waals surface area contributed by atoms with Gasteiger partial charge in [0, 0.05) is 12.2 Å². The van der Waals surface area contributed by atoms with Crippen LogP contribution in [0.5, 0.6) is 0 Å². The highest BCUT2D eigenvalue weighted by Crippen LogP contribution is 2.36. The molecule has 1 saturated carbocycles. The van der Waals surface area contributed by atoms with E-state index in [0.29, 0.717) is 22.1 Å². The van der Waals surface area contributed by atoms with E-state index in [1.165, 1.54) is 25.7 Å². The first-order valence-corrected chi connectivity index (χ1v) is 6.90. The molecular weight excluding hydrogens is 242 g/mol. The maximum absolute atomic E-state index is 5.69. The number of aromatic nitrogens is 1. The lowest BCUT2D eigenvalue weighted by Crippen LogP contribution is -2.30. The van der Waals surface area contributed by atoms with Crippen molar-refractivity contribution in [2.24, 2.45) is 11.1 Å². The van der Waals surface area contributed by atoms with Crippen LogP contribution in [0.25, 0.3) is 0 Å². The van der Waals surface area contributed by atoms with Gasteiger partial charge in [0.15, 0.2) is 0 Å². The molecule has 1 aromatic rings. The Morgan fingerprint density at radius 3 is 2.72 bits per heavy atom. The highest BCUT2D eigenvalue weighted by molar-refractivity contribution is 7.80. The Bertz CT molecular complexity index is 432. The van der Waals surface area contributed by atoms with E-state index in [9.17, 15) is 0 Å². The van der Waals surface area contributed by atoms with Crippen molar-refractivity contribution in [3.8, 4) is 0 Å². The summed E-state index contributed by atoms with van der Waals surface area (Å²) < 4.78 is 0. The Morgan fingerprint density at radius 2 is 2.11 bits per heavy atom. The third kappa shape index (κ3) is 3.19. The monoisotopic (exact) mass is 263 g/mol. The van der Waals surface area contributed by atoms with Gasteiger partial charge in [0.1, 0.15) is 10.7 Å². The van der Waals surface area contributed by atoms with Gasteiger partial charge < -0.3 is 11.1 Å². The van der Waals surface area contributed by atoms with Crippen molar-refractivity contribution in [1.82, 2.24) is 4.98 Å². The van der Waals surface area contributed by atoms with Crippen LogP contribution in [0, 0.1) is 5.41 Å². The highest BCUT2D eigenvalue weighted by Gasteiger charge is 2.27. The molecule has 4 heteroatoms. The van der Waals surface area contributed by atoms with E-state index in [-0.39, 0.29) is 0 Å². The standard InChI is InChI=1S/C14H21N3S/c1-14(2)7-5-10(6-8-14)17-11-4-3-9-16-12(11)13(15)18/h3-4,9-10,17H,5-8H2,1-2H3,(H2,15,18). The lowest BCUT2D eigenvalue weighted by molar-refractivity contribution is 0.232. The number of nitrogens with two attached hydrogens (primary N) is 1. The molecule has 0 atom stereocenters. The molecule has 1 aromatic heterocycles. The molecule has 2 rings (SSSR count). The molecule has 18 heavy (non-hydrogen) atoms. The van der Waals surface area contributed by atoms with E-state index >= 15 is 0 Å². The number of thiocarbonyl (C=S) groups is 1. The van der Waals surface area contributed by atoms with Gasteiger partial charge >= 0.3 is 0 Å². The van der Waals surface area contributed by atoms with Gasteiger partial charge in [-0.1, -0.05) is 26.1 Å². The maximum Gasteiger partial charge on any atom is 0.124 e. The molecule has 0 bridgehead atoms. The molecule has 3 nitrogen and oxygen atoms in total. The minimum Gasteiger partial charge on any atom is -0.388 e. The first kappa shape index (κ1) is 13.3. The Morgan fingerprint density at radius 1 is 1.44 bits per heavy atom. The summed E-state index contributed by atoms with van der Waals surface area (Å²) in [6, 6.07) is 4.42. The van der Waals surface area contributed by atoms with Crippen LogP contribution >= 0.6 is 12.2 Å². The molecule has 1 heterocycles. The average Bonchev–Trinajstić information content (AvgIpc) is 2.32. The Balaban J connectivity index is 2.04. The summed E-state index contributed by atoms with van der Waals surface area (Å²) in [4.78, 5) is 4.60. The Hall–Kier alpha value is -1.16. The number of rotatable bonds is 3. The van der Waals surface area contributed by atoms with Gasteiger partial charge in [0.2, 0.25) is 0 Å². The van der Waals surface area contributed by atoms with E-state index in [2.05, 4.69) is 24.1 Å². The van der Waals surface area contributed by atoms with Crippen LogP contribution in [0.3, 0.4) is 0 Å². The lowest BCUT2D eigenvalue weighted by Gasteiger charge is -2.35. The number of nitrogens with zero attached hydrogens (tertiary/aromatic N) is 1. The molecule has 0 aromatic carbocycles. The molecule has 1 aliphatic carbocycles. The fraction of sp³-hybridized carbons (Fsp3) is 0.571. The Labute approximate surface area is 114 Å². The smallest absolute Gasteiger partial charge is 0.124 e. The zero-order valence-corrected chi connectivity index (χ0v) is 11.9. The number of pyridine rings is 1. The molecule has 0 aliphatic heterocycles. The van der Waals surface area contributed by atoms with Crippen molar-refractivity contribution in [1.29, 1.82) is 0 Å². The number of hydrogen-bond acceptors (Lipinski definition) is 3. The second-order valence-electron chi connectivity index (χ2n) is 5.85. The van der Waals surface area contributed by atoms with Crippen molar-refractivity contribution in [3.63, 3.8) is 0 Å². The van der Waals surface area contributed by atoms with Gasteiger partial charge in [-0.3, -0.25) is 4.98 Å². The largest absolute Gasteiger partial charge is 0.388 e. The van der Waals surface area contributed by atoms with Gasteiger partial charge in [-0.2, -0.15) is 0 Å². The summed E-state index contributed by atoms with van der Waals surface area (Å²) in [5, 5.41) is 3.54. The molecule has 1 aliphatic rings. The molecule has 0 spiro atoms. The van der Waals surface area contributed by atoms with Crippen LogP contribution in [0.4, 0.5) is 5.69 Å². The third-order valence-electron chi connectivity index (χ3n) is 3.74. The third-order valence-corrected chi connectivity index (χ3v) is 3.93. The maximum atomic E-state index is 5.69. The van der Waals surface area contributed by atoms with Crippen LogP contribution < -0.4 is 11.1 Å². The molecular formula is C14H21N3S. The highest BCUT2D eigenvalue weighted by atomic mass is 32.1. The molecule has 3 N–H and O–H groups in total. The summed E-state index contributed by atoms with van der Waals surface area (Å²) in [6.45, 7) is 4.68. The van der Waals surface area contributed by atoms with Gasteiger partial charge in [0.25, 0.3) is 0 Å². The second kappa shape index (κ2) is 5.22. The van der Waals surface area contributed by atoms with E-state index in [1.807, 2.05) is 12.1 Å². The molecule has 0 unspecified atom stereocenters. The van der Waals surface area contributed by atoms with Crippen molar-refractivity contribution >= 4 is 22.9 Å². The normalized spacial score (nSPS) is 19.4. The predicted octanol–water partition coefficient (Wildman–Crippen LogP) is 3.10. The van der Waals surface area contributed by atoms with Gasteiger partial charge in [0.05, 0.1) is 5.69 Å². The van der Waals surface area contributed by atoms with Gasteiger partial charge in [-0.05, 0) is 43.2 Å². The first-order chi connectivity index (χ1) is 8.48. The first-order valence-electron chi connectivity index (χ1n) is 6.49. The molecule has 0 amide bonds. The van der Waals surface area contributed by atoms with Crippen molar-refractivity contribution in [2.45, 2.75) is 45.6 Å². The van der Waals surface area contributed by atoms with Gasteiger partial charge in [-0.15, -0.1) is 0 Å². The Kier molecular flexibility index (Phi) is 3.85. The zero-order valence-electron chi connectivity index (χ0n) is 11.1. The van der Waals surface area contributed by atoms with Crippen molar-refractivity contribution in [2.75, 3.05) is 5.32 Å². The zero-order chi connectivity index (χ0) is 13.2. The van der Waals surface area contributed by atoms with Crippen molar-refractivity contribution < 1.29 is 0 Å². The number of nitrogens with one attached hydrogen (secondary N) is 1. The van der Waals surface area contributed by atoms with Crippen LogP contribution in [0.2, 0.25) is 0 Å². The minimum absolute atomic E-state index is 0.356. The topological polar surface area (TPSA) is 50.9 Å². The van der Waals surface area contributed by atoms with E-state index in [1.54, 1.807) is 6.20 Å². The number of anilines is 1. The SMILES string of the molecule is CC1(C)CCC(Nc2cccnc2C(N)=S)CC1.